The van der Waals surface area contributed by atoms with Gasteiger partial charge in [0.15, 0.2) is 0 Å². The summed E-state index contributed by atoms with van der Waals surface area (Å²) in [6.07, 6.45) is 3.03. The molecule has 0 saturated heterocycles. The lowest BCUT2D eigenvalue weighted by Gasteiger charge is -2.17. The van der Waals surface area contributed by atoms with Crippen LogP contribution in [-0.4, -0.2) is 24.4 Å². The maximum Gasteiger partial charge on any atom is 0.327 e. The van der Waals surface area contributed by atoms with Crippen molar-refractivity contribution in [3.05, 3.63) is 48.2 Å². The third-order valence-electron chi connectivity index (χ3n) is 5.72. The van der Waals surface area contributed by atoms with Crippen LogP contribution in [-0.2, 0) is 22.1 Å². The Morgan fingerprint density at radius 3 is 2.66 bits per heavy atom. The Kier molecular flexibility index (Phi) is 4.83. The quantitative estimate of drug-likeness (QED) is 0.368. The summed E-state index contributed by atoms with van der Waals surface area (Å²) in [6.45, 7) is 6.95. The van der Waals surface area contributed by atoms with Gasteiger partial charge >= 0.3 is 5.82 Å². The van der Waals surface area contributed by atoms with Gasteiger partial charge in [-0.25, -0.2) is 4.57 Å². The first-order valence-electron chi connectivity index (χ1n) is 9.73. The summed E-state index contributed by atoms with van der Waals surface area (Å²) in [7, 11) is -3.94. The highest BCUT2D eigenvalue weighted by atomic mass is 32.2. The maximum absolute atomic E-state index is 11.0. The van der Waals surface area contributed by atoms with Crippen LogP contribution in [0.15, 0.2) is 52.0 Å². The van der Waals surface area contributed by atoms with E-state index in [1.807, 2.05) is 43.5 Å². The van der Waals surface area contributed by atoms with Gasteiger partial charge in [0.05, 0.1) is 28.8 Å². The minimum atomic E-state index is -3.94. The Bertz CT molecular complexity index is 1190. The second-order valence-corrected chi connectivity index (χ2v) is 9.70. The molecule has 1 aromatic carbocycles. The molecule has 1 N–H and O–H groups in total. The standard InChI is InChI=1S/C22H24N2O4S/c1-15-22(2,3)18-12-17(20-13-16-8-4-5-9-19(16)28-20)14-24(21(18)23-15)10-6-7-11-29(25,26)27/h4-5,8-9,12-14H,6-7,10-11H2,1-3H3/p+1. The topological polar surface area (TPSA) is 83.8 Å². The molecule has 2 aromatic heterocycles. The summed E-state index contributed by atoms with van der Waals surface area (Å²) in [5, 5.41) is 1.05. The highest BCUT2D eigenvalue weighted by Crippen LogP contribution is 2.40. The second-order valence-electron chi connectivity index (χ2n) is 8.12. The zero-order valence-corrected chi connectivity index (χ0v) is 17.7. The lowest BCUT2D eigenvalue weighted by atomic mass is 9.82. The van der Waals surface area contributed by atoms with Crippen molar-refractivity contribution >= 4 is 32.6 Å². The number of furan rings is 1. The summed E-state index contributed by atoms with van der Waals surface area (Å²) in [5.41, 5.74) is 3.79. The maximum atomic E-state index is 11.0. The fourth-order valence-electron chi connectivity index (χ4n) is 3.71. The van der Waals surface area contributed by atoms with Crippen molar-refractivity contribution in [2.75, 3.05) is 5.75 Å². The molecular formula is C22H25N2O4S+. The number of aromatic nitrogens is 1. The monoisotopic (exact) mass is 413 g/mol. The second kappa shape index (κ2) is 7.07. The SMILES string of the molecule is CC1=Nc2c(cc(-c3cc4ccccc4o3)c[n+]2CCCCS(=O)(=O)O)C1(C)C. The molecule has 1 aliphatic rings. The predicted molar refractivity (Wildman–Crippen MR) is 113 cm³/mol. The minimum Gasteiger partial charge on any atom is -0.456 e. The van der Waals surface area contributed by atoms with Gasteiger partial charge in [-0.05, 0) is 56.8 Å². The molecule has 1 aliphatic heterocycles. The Morgan fingerprint density at radius 2 is 1.93 bits per heavy atom. The molecule has 3 heterocycles. The van der Waals surface area contributed by atoms with Crippen LogP contribution in [0.2, 0.25) is 0 Å². The van der Waals surface area contributed by atoms with Gasteiger partial charge < -0.3 is 4.42 Å². The molecule has 7 heteroatoms. The van der Waals surface area contributed by atoms with Gasteiger partial charge in [0.2, 0.25) is 0 Å². The van der Waals surface area contributed by atoms with E-state index >= 15 is 0 Å². The number of aliphatic imine (C=N–C) groups is 1. The van der Waals surface area contributed by atoms with Gasteiger partial charge in [-0.15, -0.1) is 0 Å². The van der Waals surface area contributed by atoms with E-state index in [4.69, 9.17) is 14.0 Å². The van der Waals surface area contributed by atoms with E-state index in [9.17, 15) is 8.42 Å². The molecule has 0 bridgehead atoms. The number of fused-ring (bicyclic) bond motifs is 2. The van der Waals surface area contributed by atoms with E-state index in [0.29, 0.717) is 19.4 Å². The summed E-state index contributed by atoms with van der Waals surface area (Å²) in [6, 6.07) is 12.1. The normalized spacial score (nSPS) is 15.5. The Morgan fingerprint density at radius 1 is 1.17 bits per heavy atom. The molecule has 0 unspecified atom stereocenters. The molecule has 6 nitrogen and oxygen atoms in total. The smallest absolute Gasteiger partial charge is 0.327 e. The van der Waals surface area contributed by atoms with Crippen LogP contribution in [0, 0.1) is 0 Å². The Balaban J connectivity index is 1.73. The molecule has 0 aliphatic carbocycles. The van der Waals surface area contributed by atoms with Crippen molar-refractivity contribution < 1.29 is 22.0 Å². The lowest BCUT2D eigenvalue weighted by Crippen LogP contribution is -2.35. The molecule has 0 radical (unpaired) electrons. The van der Waals surface area contributed by atoms with Gasteiger partial charge in [-0.1, -0.05) is 18.2 Å². The molecule has 0 spiro atoms. The van der Waals surface area contributed by atoms with Gasteiger partial charge in [0.25, 0.3) is 10.1 Å². The summed E-state index contributed by atoms with van der Waals surface area (Å²) in [4.78, 5) is 4.79. The van der Waals surface area contributed by atoms with Gasteiger partial charge in [-0.3, -0.25) is 4.55 Å². The number of hydrogen-bond acceptors (Lipinski definition) is 4. The van der Waals surface area contributed by atoms with Crippen LogP contribution in [0.1, 0.15) is 39.2 Å². The van der Waals surface area contributed by atoms with Crippen LogP contribution in [0.4, 0.5) is 5.82 Å². The average molecular weight is 414 g/mol. The number of unbranched alkanes of at least 4 members (excludes halogenated alkanes) is 1. The molecule has 3 aromatic rings. The van der Waals surface area contributed by atoms with Crippen molar-refractivity contribution in [1.29, 1.82) is 0 Å². The Labute approximate surface area is 170 Å². The molecular weight excluding hydrogens is 388 g/mol. The van der Waals surface area contributed by atoms with E-state index in [2.05, 4.69) is 24.5 Å². The van der Waals surface area contributed by atoms with Crippen LogP contribution in [0.5, 0.6) is 0 Å². The van der Waals surface area contributed by atoms with Crippen LogP contribution in [0.3, 0.4) is 0 Å². The zero-order chi connectivity index (χ0) is 20.8. The van der Waals surface area contributed by atoms with E-state index in [0.717, 1.165) is 39.4 Å². The number of nitrogens with zero attached hydrogens (tertiary/aromatic N) is 2. The number of hydrogen-bond donors (Lipinski definition) is 1. The third kappa shape index (κ3) is 3.84. The number of pyridine rings is 1. The van der Waals surface area contributed by atoms with Gasteiger partial charge in [0.1, 0.15) is 23.3 Å². The molecule has 4 rings (SSSR count). The number of para-hydroxylation sites is 1. The van der Waals surface area contributed by atoms with E-state index < -0.39 is 10.1 Å². The van der Waals surface area contributed by atoms with Crippen LogP contribution < -0.4 is 4.57 Å². The highest BCUT2D eigenvalue weighted by molar-refractivity contribution is 7.85. The van der Waals surface area contributed by atoms with E-state index in [1.165, 1.54) is 0 Å². The fraction of sp³-hybridized carbons (Fsp3) is 0.364. The fourth-order valence-corrected chi connectivity index (χ4v) is 4.28. The van der Waals surface area contributed by atoms with E-state index in [1.54, 1.807) is 0 Å². The molecule has 0 saturated carbocycles. The van der Waals surface area contributed by atoms with Crippen LogP contribution >= 0.6 is 0 Å². The molecule has 29 heavy (non-hydrogen) atoms. The summed E-state index contributed by atoms with van der Waals surface area (Å²) < 4.78 is 39.1. The first kappa shape index (κ1) is 19.8. The van der Waals surface area contributed by atoms with Gasteiger partial charge in [-0.2, -0.15) is 8.42 Å². The Hall–Kier alpha value is -2.51. The van der Waals surface area contributed by atoms with Crippen molar-refractivity contribution in [2.24, 2.45) is 4.99 Å². The summed E-state index contributed by atoms with van der Waals surface area (Å²) >= 11 is 0. The van der Waals surface area contributed by atoms with Crippen molar-refractivity contribution in [3.8, 4) is 11.3 Å². The lowest BCUT2D eigenvalue weighted by molar-refractivity contribution is -0.684. The predicted octanol–water partition coefficient (Wildman–Crippen LogP) is 4.44. The third-order valence-corrected chi connectivity index (χ3v) is 6.53. The molecule has 0 atom stereocenters. The van der Waals surface area contributed by atoms with E-state index in [-0.39, 0.29) is 11.2 Å². The summed E-state index contributed by atoms with van der Waals surface area (Å²) in [5.74, 6) is 1.47. The zero-order valence-electron chi connectivity index (χ0n) is 16.8. The molecule has 152 valence electrons. The minimum absolute atomic E-state index is 0.187. The highest BCUT2D eigenvalue weighted by Gasteiger charge is 2.41. The average Bonchev–Trinajstić information content (AvgIpc) is 3.17. The first-order chi connectivity index (χ1) is 13.6. The van der Waals surface area contributed by atoms with Crippen LogP contribution in [0.25, 0.3) is 22.3 Å². The van der Waals surface area contributed by atoms with Crippen molar-refractivity contribution in [1.82, 2.24) is 0 Å². The first-order valence-corrected chi connectivity index (χ1v) is 11.3. The number of aryl methyl sites for hydroxylation is 1. The largest absolute Gasteiger partial charge is 0.456 e. The molecule has 0 amide bonds. The van der Waals surface area contributed by atoms with Gasteiger partial charge in [0, 0.05) is 5.39 Å². The van der Waals surface area contributed by atoms with Crippen molar-refractivity contribution in [2.45, 2.75) is 45.6 Å². The number of rotatable bonds is 6. The number of benzene rings is 1. The molecule has 0 fully saturated rings. The van der Waals surface area contributed by atoms with Crippen molar-refractivity contribution in [3.63, 3.8) is 0 Å².